The molecule has 0 fully saturated rings. The van der Waals surface area contributed by atoms with Crippen molar-refractivity contribution in [3.05, 3.63) is 101 Å². The minimum atomic E-state index is -0.125. The number of carbonyl (C=O) groups is 1. The van der Waals surface area contributed by atoms with Crippen molar-refractivity contribution in [1.82, 2.24) is 4.98 Å². The number of hydrogen-bond acceptors (Lipinski definition) is 4. The van der Waals surface area contributed by atoms with Crippen LogP contribution in [0.15, 0.2) is 78.7 Å². The van der Waals surface area contributed by atoms with Gasteiger partial charge in [-0.2, -0.15) is 0 Å². The zero-order valence-electron chi connectivity index (χ0n) is 27.1. The first-order valence-electron chi connectivity index (χ1n) is 15.5. The molecule has 2 heterocycles. The molecule has 6 aromatic rings. The summed E-state index contributed by atoms with van der Waals surface area (Å²) in [5, 5.41) is 16.1. The minimum absolute atomic E-state index is 0. The first-order chi connectivity index (χ1) is 20.9. The van der Waals surface area contributed by atoms with Crippen LogP contribution in [0.4, 0.5) is 0 Å². The molecule has 0 spiro atoms. The van der Waals surface area contributed by atoms with Gasteiger partial charge in [0.1, 0.15) is 0 Å². The first-order valence-corrected chi connectivity index (χ1v) is 16.3. The molecule has 0 unspecified atom stereocenters. The maximum Gasteiger partial charge on any atom is 0.155 e. The molecule has 5 heteroatoms. The maximum atomic E-state index is 10.0. The molecular weight excluding hydrogens is 751 g/mol. The van der Waals surface area contributed by atoms with Crippen molar-refractivity contribution in [3.8, 4) is 11.3 Å². The van der Waals surface area contributed by atoms with E-state index in [2.05, 4.69) is 101 Å². The smallest absolute Gasteiger partial charge is 0.155 e. The van der Waals surface area contributed by atoms with Gasteiger partial charge < -0.3 is 10.1 Å². The number of hydrogen-bond donors (Lipinski definition) is 1. The summed E-state index contributed by atoms with van der Waals surface area (Å²) in [4.78, 5) is 15.0. The number of thiophene rings is 1. The predicted octanol–water partition coefficient (Wildman–Crippen LogP) is 11.2. The Kier molecular flexibility index (Phi) is 9.12. The average molecular weight is 791 g/mol. The average Bonchev–Trinajstić information content (AvgIpc) is 3.34. The Morgan fingerprint density at radius 1 is 0.933 bits per heavy atom. The summed E-state index contributed by atoms with van der Waals surface area (Å²) >= 11 is 1.98. The third-order valence-corrected chi connectivity index (χ3v) is 10.5. The van der Waals surface area contributed by atoms with Crippen molar-refractivity contribution < 1.29 is 30.0 Å². The van der Waals surface area contributed by atoms with Crippen molar-refractivity contribution in [2.24, 2.45) is 0 Å². The van der Waals surface area contributed by atoms with Crippen molar-refractivity contribution >= 4 is 58.8 Å². The number of ketones is 1. The van der Waals surface area contributed by atoms with Gasteiger partial charge in [0.15, 0.2) is 5.78 Å². The third-order valence-electron chi connectivity index (χ3n) is 9.27. The quantitative estimate of drug-likeness (QED) is 0.110. The molecular formula is C40H40IrNO2S-. The maximum absolute atomic E-state index is 10.0. The SMILES string of the molecule is CC(=O)/C=C(/C)O.CCc1c[c-]c(-c2nccc3cc4sc5c6c(ccc5c4cc23)C(C)(C)CCC6(C)C)c2ccccc12.[Ir]. The number of aryl methyl sites for hydroxylation is 1. The number of nitrogens with zero attached hydrogens (tertiary/aromatic N) is 1. The van der Waals surface area contributed by atoms with Gasteiger partial charge >= 0.3 is 0 Å². The van der Waals surface area contributed by atoms with Crippen molar-refractivity contribution in [2.45, 2.75) is 78.6 Å². The topological polar surface area (TPSA) is 50.2 Å². The molecule has 1 radical (unpaired) electrons. The number of carbonyl (C=O) groups excluding carboxylic acids is 1. The predicted molar refractivity (Wildman–Crippen MR) is 188 cm³/mol. The van der Waals surface area contributed by atoms with Crippen LogP contribution in [0.2, 0.25) is 0 Å². The Balaban J connectivity index is 0.000000452. The van der Waals surface area contributed by atoms with Gasteiger partial charge in [0, 0.05) is 52.6 Å². The largest absolute Gasteiger partial charge is 0.512 e. The number of pyridine rings is 1. The van der Waals surface area contributed by atoms with E-state index >= 15 is 0 Å². The minimum Gasteiger partial charge on any atom is -0.512 e. The third kappa shape index (κ3) is 5.99. The molecule has 1 aliphatic rings. The van der Waals surface area contributed by atoms with Gasteiger partial charge in [0.2, 0.25) is 0 Å². The molecule has 0 atom stereocenters. The second-order valence-electron chi connectivity index (χ2n) is 13.4. The van der Waals surface area contributed by atoms with Gasteiger partial charge in [-0.1, -0.05) is 94.3 Å². The van der Waals surface area contributed by atoms with Crippen molar-refractivity contribution in [2.75, 3.05) is 0 Å². The molecule has 2 aromatic heterocycles. The van der Waals surface area contributed by atoms with Gasteiger partial charge in [-0.3, -0.25) is 4.79 Å². The molecule has 0 bridgehead atoms. The Morgan fingerprint density at radius 2 is 1.64 bits per heavy atom. The molecule has 3 nitrogen and oxygen atoms in total. The molecule has 4 aromatic carbocycles. The van der Waals surface area contributed by atoms with Crippen LogP contribution in [-0.2, 0) is 42.2 Å². The summed E-state index contributed by atoms with van der Waals surface area (Å²) < 4.78 is 2.83. The van der Waals surface area contributed by atoms with Crippen LogP contribution < -0.4 is 0 Å². The standard InChI is InChI=1S/C35H32NS.C5H8O2.Ir/c1-6-21-11-12-25(24-10-8-7-9-23(21)24)32-27-20-28-26-13-14-29-31(35(4,5)17-16-34(29,2)3)33(26)37-30(28)19-22(27)15-18-36-32;1-4(6)3-5(2)7;/h7-11,13-15,18-20H,6,16-17H2,1-5H3;3,6H,1-2H3;/q-1;;/b;4-3-;. The van der Waals surface area contributed by atoms with Gasteiger partial charge in [0.05, 0.1) is 5.76 Å². The molecule has 0 saturated carbocycles. The molecule has 0 saturated heterocycles. The number of aliphatic hydroxyl groups excluding tert-OH is 1. The van der Waals surface area contributed by atoms with E-state index in [1.165, 1.54) is 85.6 Å². The van der Waals surface area contributed by atoms with Crippen LogP contribution in [-0.4, -0.2) is 15.9 Å². The Labute approximate surface area is 283 Å². The van der Waals surface area contributed by atoms with E-state index < -0.39 is 0 Å². The van der Waals surface area contributed by atoms with Crippen LogP contribution in [0, 0.1) is 6.07 Å². The molecule has 7 rings (SSSR count). The van der Waals surface area contributed by atoms with Gasteiger partial charge in [-0.15, -0.1) is 34.6 Å². The molecule has 45 heavy (non-hydrogen) atoms. The Morgan fingerprint density at radius 3 is 2.31 bits per heavy atom. The zero-order valence-corrected chi connectivity index (χ0v) is 30.3. The van der Waals surface area contributed by atoms with E-state index in [9.17, 15) is 4.79 Å². The van der Waals surface area contributed by atoms with Crippen LogP contribution in [0.25, 0.3) is 53.0 Å². The van der Waals surface area contributed by atoms with E-state index in [0.717, 1.165) is 17.7 Å². The first kappa shape index (κ1) is 33.0. The van der Waals surface area contributed by atoms with Crippen molar-refractivity contribution in [3.63, 3.8) is 0 Å². The van der Waals surface area contributed by atoms with E-state index in [1.54, 1.807) is 5.56 Å². The number of benzene rings is 4. The van der Waals surface area contributed by atoms with Crippen molar-refractivity contribution in [1.29, 1.82) is 0 Å². The Bertz CT molecular complexity index is 2110. The number of rotatable bonds is 3. The summed E-state index contributed by atoms with van der Waals surface area (Å²) in [7, 11) is 0. The Hall–Kier alpha value is -3.37. The van der Waals surface area contributed by atoms with E-state index in [1.807, 2.05) is 17.5 Å². The summed E-state index contributed by atoms with van der Waals surface area (Å²) in [5.41, 5.74) is 6.96. The van der Waals surface area contributed by atoms with Crippen LogP contribution >= 0.6 is 11.3 Å². The van der Waals surface area contributed by atoms with E-state index in [0.29, 0.717) is 0 Å². The number of aliphatic hydroxyl groups is 1. The van der Waals surface area contributed by atoms with Gasteiger partial charge in [0.25, 0.3) is 0 Å². The number of fused-ring (bicyclic) bond motifs is 7. The zero-order chi connectivity index (χ0) is 31.4. The molecule has 1 N–H and O–H groups in total. The van der Waals surface area contributed by atoms with Gasteiger partial charge in [-0.05, 0) is 77.2 Å². The molecule has 0 amide bonds. The fraction of sp³-hybridized carbons (Fsp3) is 0.300. The van der Waals surface area contributed by atoms with E-state index in [4.69, 9.17) is 10.1 Å². The normalized spacial score (nSPS) is 15.4. The summed E-state index contributed by atoms with van der Waals surface area (Å²) in [6.07, 6.45) is 6.59. The van der Waals surface area contributed by atoms with Gasteiger partial charge in [-0.25, -0.2) is 0 Å². The molecule has 233 valence electrons. The molecule has 1 aliphatic carbocycles. The summed E-state index contributed by atoms with van der Waals surface area (Å²) in [6, 6.07) is 26.2. The summed E-state index contributed by atoms with van der Waals surface area (Å²) in [6.45, 7) is 14.8. The van der Waals surface area contributed by atoms with Crippen LogP contribution in [0.5, 0.6) is 0 Å². The van der Waals surface area contributed by atoms with Crippen LogP contribution in [0.1, 0.15) is 78.0 Å². The fourth-order valence-corrected chi connectivity index (χ4v) is 8.37. The van der Waals surface area contributed by atoms with E-state index in [-0.39, 0.29) is 42.5 Å². The van der Waals surface area contributed by atoms with Crippen LogP contribution in [0.3, 0.4) is 0 Å². The summed E-state index contributed by atoms with van der Waals surface area (Å²) in [5.74, 6) is -0.0625. The monoisotopic (exact) mass is 791 g/mol. The fourth-order valence-electron chi connectivity index (χ4n) is 6.90. The molecule has 0 aliphatic heterocycles. The second kappa shape index (κ2) is 12.4. The number of aromatic nitrogens is 1. The second-order valence-corrected chi connectivity index (χ2v) is 14.5. The number of allylic oxidation sites excluding steroid dienone is 2.